The van der Waals surface area contributed by atoms with Gasteiger partial charge in [-0.15, -0.1) is 0 Å². The highest BCUT2D eigenvalue weighted by Crippen LogP contribution is 2.33. The highest BCUT2D eigenvalue weighted by Gasteiger charge is 2.31. The third-order valence-electron chi connectivity index (χ3n) is 5.66. The molecule has 5 rings (SSSR count). The first-order chi connectivity index (χ1) is 18.3. The topological polar surface area (TPSA) is 97.6 Å². The van der Waals surface area contributed by atoms with Crippen molar-refractivity contribution in [2.45, 2.75) is 13.1 Å². The van der Waals surface area contributed by atoms with Crippen molar-refractivity contribution in [3.05, 3.63) is 109 Å². The average Bonchev–Trinajstić information content (AvgIpc) is 3.45. The van der Waals surface area contributed by atoms with Gasteiger partial charge in [0, 0.05) is 59.2 Å². The molecule has 8 nitrogen and oxygen atoms in total. The summed E-state index contributed by atoms with van der Waals surface area (Å²) < 4.78 is 42.0. The molecule has 11 heteroatoms. The summed E-state index contributed by atoms with van der Waals surface area (Å²) in [5.74, 6) is -0.260. The van der Waals surface area contributed by atoms with Crippen molar-refractivity contribution < 1.29 is 18.0 Å². The van der Waals surface area contributed by atoms with Crippen LogP contribution < -0.4 is 10.6 Å². The van der Waals surface area contributed by atoms with Crippen LogP contribution in [0.4, 0.5) is 30.5 Å². The molecule has 1 amide bonds. The number of aryl methyl sites for hydroxylation is 1. The Balaban J connectivity index is 1.40. The van der Waals surface area contributed by atoms with Crippen LogP contribution in [0.5, 0.6) is 0 Å². The molecule has 0 saturated carbocycles. The lowest BCUT2D eigenvalue weighted by atomic mass is 10.1. The molecule has 0 atom stereocenters. The number of nitrogens with zero attached hydrogens (tertiary/aromatic N) is 5. The van der Waals surface area contributed by atoms with E-state index in [-0.39, 0.29) is 16.9 Å². The number of hydrogen-bond acceptors (Lipinski definition) is 6. The smallest absolute Gasteiger partial charge is 0.324 e. The van der Waals surface area contributed by atoms with Gasteiger partial charge in [-0.1, -0.05) is 6.07 Å². The zero-order valence-electron chi connectivity index (χ0n) is 19.9. The van der Waals surface area contributed by atoms with Crippen molar-refractivity contribution >= 4 is 23.2 Å². The van der Waals surface area contributed by atoms with Crippen LogP contribution in [0.2, 0.25) is 0 Å². The molecule has 3 aromatic heterocycles. The highest BCUT2D eigenvalue weighted by molar-refractivity contribution is 6.05. The summed E-state index contributed by atoms with van der Waals surface area (Å²) in [6, 6.07) is 13.7. The fraction of sp³-hybridized carbons (Fsp3) is 0.0741. The first-order valence-corrected chi connectivity index (χ1v) is 11.4. The third kappa shape index (κ3) is 5.51. The average molecular weight is 515 g/mol. The molecule has 0 aliphatic carbocycles. The van der Waals surface area contributed by atoms with Crippen LogP contribution in [0, 0.1) is 6.92 Å². The number of alkyl halides is 3. The minimum Gasteiger partial charge on any atom is -0.324 e. The summed E-state index contributed by atoms with van der Waals surface area (Å²) in [7, 11) is 0. The second kappa shape index (κ2) is 10.1. The second-order valence-electron chi connectivity index (χ2n) is 8.35. The van der Waals surface area contributed by atoms with Crippen LogP contribution in [0.15, 0.2) is 91.9 Å². The molecule has 2 aromatic carbocycles. The summed E-state index contributed by atoms with van der Waals surface area (Å²) in [5.41, 5.74) is 2.43. The van der Waals surface area contributed by atoms with Gasteiger partial charge in [0.25, 0.3) is 5.91 Å². The van der Waals surface area contributed by atoms with Crippen molar-refractivity contribution in [3.63, 3.8) is 0 Å². The minimum absolute atomic E-state index is 0.00360. The summed E-state index contributed by atoms with van der Waals surface area (Å²) in [6.45, 7) is 1.85. The standard InChI is InChI=1S/C27H20F3N7O/c1-17-4-5-18(11-24(17)36-26-33-8-6-23(35-26)19-3-2-7-31-15-19)25(38)34-21-12-20(27(28,29)30)13-22(14-21)37-10-9-32-16-37/h2-16H,1H3,(H,34,38)(H,33,35,36). The Bertz CT molecular complexity index is 1590. The Kier molecular flexibility index (Phi) is 6.56. The largest absolute Gasteiger partial charge is 0.416 e. The number of rotatable bonds is 6. The van der Waals surface area contributed by atoms with Gasteiger partial charge in [0.1, 0.15) is 0 Å². The van der Waals surface area contributed by atoms with Gasteiger partial charge in [-0.05, 0) is 61.0 Å². The number of halogens is 3. The van der Waals surface area contributed by atoms with Crippen LogP contribution in [-0.4, -0.2) is 30.4 Å². The third-order valence-corrected chi connectivity index (χ3v) is 5.66. The van der Waals surface area contributed by atoms with Crippen LogP contribution in [-0.2, 0) is 6.18 Å². The lowest BCUT2D eigenvalue weighted by Gasteiger charge is -2.14. The number of carbonyl (C=O) groups is 1. The zero-order valence-corrected chi connectivity index (χ0v) is 19.9. The number of pyridine rings is 1. The number of aromatic nitrogens is 5. The number of amides is 1. The van der Waals surface area contributed by atoms with Gasteiger partial charge in [-0.2, -0.15) is 13.2 Å². The molecular weight excluding hydrogens is 495 g/mol. The number of carbonyl (C=O) groups excluding carboxylic acids is 1. The Labute approximate surface area is 215 Å². The van der Waals surface area contributed by atoms with Gasteiger partial charge in [0.2, 0.25) is 5.95 Å². The van der Waals surface area contributed by atoms with E-state index in [2.05, 4.69) is 30.6 Å². The van der Waals surface area contributed by atoms with E-state index in [0.717, 1.165) is 23.3 Å². The number of anilines is 3. The molecule has 0 saturated heterocycles. The number of hydrogen-bond donors (Lipinski definition) is 2. The summed E-state index contributed by atoms with van der Waals surface area (Å²) in [6.07, 6.45) is 4.72. The maximum atomic E-state index is 13.5. The lowest BCUT2D eigenvalue weighted by molar-refractivity contribution is -0.137. The van der Waals surface area contributed by atoms with Gasteiger partial charge in [0.15, 0.2) is 0 Å². The highest BCUT2D eigenvalue weighted by atomic mass is 19.4. The fourth-order valence-corrected chi connectivity index (χ4v) is 3.72. The summed E-state index contributed by atoms with van der Waals surface area (Å²) in [4.78, 5) is 29.8. The van der Waals surface area contributed by atoms with Gasteiger partial charge >= 0.3 is 6.18 Å². The molecule has 38 heavy (non-hydrogen) atoms. The van der Waals surface area contributed by atoms with Crippen molar-refractivity contribution in [2.24, 2.45) is 0 Å². The Morgan fingerprint density at radius 3 is 2.58 bits per heavy atom. The molecule has 3 heterocycles. The summed E-state index contributed by atoms with van der Waals surface area (Å²) >= 11 is 0. The Hall–Kier alpha value is -5.06. The molecule has 5 aromatic rings. The molecular formula is C27H20F3N7O. The summed E-state index contributed by atoms with van der Waals surface area (Å²) in [5, 5.41) is 5.69. The van der Waals surface area contributed by atoms with Crippen molar-refractivity contribution in [1.82, 2.24) is 24.5 Å². The van der Waals surface area contributed by atoms with Gasteiger partial charge in [-0.3, -0.25) is 9.78 Å². The monoisotopic (exact) mass is 515 g/mol. The Morgan fingerprint density at radius 2 is 1.84 bits per heavy atom. The molecule has 2 N–H and O–H groups in total. The van der Waals surface area contributed by atoms with Gasteiger partial charge < -0.3 is 15.2 Å². The fourth-order valence-electron chi connectivity index (χ4n) is 3.72. The van der Waals surface area contributed by atoms with Crippen LogP contribution in [0.25, 0.3) is 16.9 Å². The normalized spacial score (nSPS) is 11.3. The van der Waals surface area contributed by atoms with E-state index in [4.69, 9.17) is 0 Å². The van der Waals surface area contributed by atoms with E-state index < -0.39 is 17.6 Å². The van der Waals surface area contributed by atoms with E-state index >= 15 is 0 Å². The number of nitrogens with one attached hydrogen (secondary N) is 2. The number of imidazole rings is 1. The maximum absolute atomic E-state index is 13.5. The molecule has 0 aliphatic heterocycles. The maximum Gasteiger partial charge on any atom is 0.416 e. The SMILES string of the molecule is Cc1ccc(C(=O)Nc2cc(-n3ccnc3)cc(C(F)(F)F)c2)cc1Nc1nccc(-c2cccnc2)n1. The molecule has 0 fully saturated rings. The van der Waals surface area contributed by atoms with E-state index in [0.29, 0.717) is 17.3 Å². The van der Waals surface area contributed by atoms with Crippen molar-refractivity contribution in [1.29, 1.82) is 0 Å². The van der Waals surface area contributed by atoms with Crippen molar-refractivity contribution in [2.75, 3.05) is 10.6 Å². The van der Waals surface area contributed by atoms with E-state index in [1.54, 1.807) is 48.9 Å². The van der Waals surface area contributed by atoms with Crippen LogP contribution in [0.1, 0.15) is 21.5 Å². The predicted molar refractivity (Wildman–Crippen MR) is 136 cm³/mol. The predicted octanol–water partition coefficient (Wildman–Crippen LogP) is 6.05. The van der Waals surface area contributed by atoms with Gasteiger partial charge in [0.05, 0.1) is 17.6 Å². The van der Waals surface area contributed by atoms with Crippen molar-refractivity contribution in [3.8, 4) is 16.9 Å². The second-order valence-corrected chi connectivity index (χ2v) is 8.35. The van der Waals surface area contributed by atoms with E-state index in [1.807, 2.05) is 13.0 Å². The molecule has 0 bridgehead atoms. The van der Waals surface area contributed by atoms with E-state index in [9.17, 15) is 18.0 Å². The zero-order chi connectivity index (χ0) is 26.7. The Morgan fingerprint density at radius 1 is 0.974 bits per heavy atom. The molecule has 0 radical (unpaired) electrons. The molecule has 0 spiro atoms. The van der Waals surface area contributed by atoms with Gasteiger partial charge in [-0.25, -0.2) is 15.0 Å². The molecule has 0 unspecified atom stereocenters. The molecule has 0 aliphatic rings. The first kappa shape index (κ1) is 24.6. The minimum atomic E-state index is -4.60. The van der Waals surface area contributed by atoms with E-state index in [1.165, 1.54) is 29.4 Å². The van der Waals surface area contributed by atoms with Crippen LogP contribution in [0.3, 0.4) is 0 Å². The quantitative estimate of drug-likeness (QED) is 0.286. The lowest BCUT2D eigenvalue weighted by Crippen LogP contribution is -2.14. The molecule has 190 valence electrons. The van der Waals surface area contributed by atoms with Crippen LogP contribution >= 0.6 is 0 Å². The first-order valence-electron chi connectivity index (χ1n) is 11.4. The number of benzene rings is 2.